The fourth-order valence-corrected chi connectivity index (χ4v) is 4.85. The number of sulfonamides is 1. The van der Waals surface area contributed by atoms with Crippen LogP contribution in [0, 0.1) is 11.6 Å². The molecule has 1 heterocycles. The van der Waals surface area contributed by atoms with Crippen LogP contribution in [0.4, 0.5) is 20.2 Å². The first-order chi connectivity index (χ1) is 16.7. The molecule has 1 aliphatic rings. The van der Waals surface area contributed by atoms with E-state index in [1.807, 2.05) is 7.05 Å². The molecular weight excluding hydrogens is 474 g/mol. The van der Waals surface area contributed by atoms with Crippen molar-refractivity contribution in [1.29, 1.82) is 0 Å². The number of anilines is 2. The Hall–Kier alpha value is -3.50. The molecule has 1 fully saturated rings. The van der Waals surface area contributed by atoms with E-state index in [-0.39, 0.29) is 28.5 Å². The summed E-state index contributed by atoms with van der Waals surface area (Å²) in [6, 6.07) is 15.2. The molecule has 1 saturated heterocycles. The standard InChI is InChI=1S/C25H26F2N4O3S/c1-30-12-14-31(15-13-30)24-11-4-19(25(32)28-17-18-2-5-20(26)6-3-18)16-23(24)29-35(33,34)22-9-7-21(27)8-10-22/h2-11,16,29H,12-15,17H2,1H3,(H,28,32). The Kier molecular flexibility index (Phi) is 7.32. The molecular formula is C25H26F2N4O3S. The molecule has 2 N–H and O–H groups in total. The number of piperazine rings is 1. The van der Waals surface area contributed by atoms with E-state index in [1.54, 1.807) is 24.3 Å². The number of halogens is 2. The van der Waals surface area contributed by atoms with Crippen molar-refractivity contribution >= 4 is 27.3 Å². The average molecular weight is 501 g/mol. The Labute approximate surface area is 203 Å². The Morgan fingerprint density at radius 2 is 1.49 bits per heavy atom. The van der Waals surface area contributed by atoms with Crippen molar-refractivity contribution < 1.29 is 22.0 Å². The molecule has 0 aromatic heterocycles. The van der Waals surface area contributed by atoms with Gasteiger partial charge in [-0.05, 0) is 67.2 Å². The van der Waals surface area contributed by atoms with Crippen LogP contribution in [-0.2, 0) is 16.6 Å². The zero-order valence-corrected chi connectivity index (χ0v) is 20.0. The van der Waals surface area contributed by atoms with E-state index in [0.29, 0.717) is 18.8 Å². The fourth-order valence-electron chi connectivity index (χ4n) is 3.79. The zero-order chi connectivity index (χ0) is 25.0. The van der Waals surface area contributed by atoms with Gasteiger partial charge in [-0.3, -0.25) is 9.52 Å². The second kappa shape index (κ2) is 10.4. The number of carbonyl (C=O) groups excluding carboxylic acids is 1. The van der Waals surface area contributed by atoms with Crippen molar-refractivity contribution in [2.45, 2.75) is 11.4 Å². The number of nitrogens with one attached hydrogen (secondary N) is 2. The van der Waals surface area contributed by atoms with Crippen molar-refractivity contribution in [3.63, 3.8) is 0 Å². The molecule has 0 aliphatic carbocycles. The van der Waals surface area contributed by atoms with Crippen LogP contribution in [0.3, 0.4) is 0 Å². The van der Waals surface area contributed by atoms with Crippen LogP contribution in [-0.4, -0.2) is 52.5 Å². The van der Waals surface area contributed by atoms with E-state index in [9.17, 15) is 22.0 Å². The Bertz CT molecular complexity index is 1290. The second-order valence-corrected chi connectivity index (χ2v) is 10.1. The van der Waals surface area contributed by atoms with Crippen molar-refractivity contribution in [2.24, 2.45) is 0 Å². The van der Waals surface area contributed by atoms with E-state index in [4.69, 9.17) is 0 Å². The number of likely N-dealkylation sites (N-methyl/N-ethyl adjacent to an activating group) is 1. The lowest BCUT2D eigenvalue weighted by Crippen LogP contribution is -2.44. The van der Waals surface area contributed by atoms with Crippen LogP contribution in [0.15, 0.2) is 71.6 Å². The largest absolute Gasteiger partial charge is 0.367 e. The van der Waals surface area contributed by atoms with Crippen LogP contribution in [0.1, 0.15) is 15.9 Å². The minimum absolute atomic E-state index is 0.0885. The number of amides is 1. The number of rotatable bonds is 7. The number of hydrogen-bond acceptors (Lipinski definition) is 5. The van der Waals surface area contributed by atoms with Crippen molar-refractivity contribution in [1.82, 2.24) is 10.2 Å². The maximum Gasteiger partial charge on any atom is 0.261 e. The van der Waals surface area contributed by atoms with Crippen molar-refractivity contribution in [3.8, 4) is 0 Å². The van der Waals surface area contributed by atoms with Gasteiger partial charge in [0.15, 0.2) is 0 Å². The maximum absolute atomic E-state index is 13.3. The predicted molar refractivity (Wildman–Crippen MR) is 131 cm³/mol. The minimum Gasteiger partial charge on any atom is -0.367 e. The first-order valence-electron chi connectivity index (χ1n) is 11.1. The lowest BCUT2D eigenvalue weighted by Gasteiger charge is -2.35. The molecule has 0 spiro atoms. The van der Waals surface area contributed by atoms with Crippen molar-refractivity contribution in [2.75, 3.05) is 42.8 Å². The molecule has 0 bridgehead atoms. The van der Waals surface area contributed by atoms with Gasteiger partial charge >= 0.3 is 0 Å². The Morgan fingerprint density at radius 1 is 0.886 bits per heavy atom. The summed E-state index contributed by atoms with van der Waals surface area (Å²) in [5.41, 5.74) is 1.90. The van der Waals surface area contributed by atoms with Crippen molar-refractivity contribution in [3.05, 3.63) is 89.5 Å². The van der Waals surface area contributed by atoms with Crippen LogP contribution in [0.5, 0.6) is 0 Å². The van der Waals surface area contributed by atoms with Gasteiger partial charge in [0.25, 0.3) is 15.9 Å². The Morgan fingerprint density at radius 3 is 2.11 bits per heavy atom. The number of nitrogens with zero attached hydrogens (tertiary/aromatic N) is 2. The topological polar surface area (TPSA) is 81.8 Å². The van der Waals surface area contributed by atoms with Gasteiger partial charge in [-0.2, -0.15) is 0 Å². The van der Waals surface area contributed by atoms with Crippen LogP contribution in [0.2, 0.25) is 0 Å². The third-order valence-electron chi connectivity index (χ3n) is 5.84. The molecule has 10 heteroatoms. The summed E-state index contributed by atoms with van der Waals surface area (Å²) in [4.78, 5) is 17.0. The van der Waals surface area contributed by atoms with Gasteiger partial charge in [-0.1, -0.05) is 12.1 Å². The molecule has 184 valence electrons. The van der Waals surface area contributed by atoms with Gasteiger partial charge in [0.05, 0.1) is 16.3 Å². The first-order valence-corrected chi connectivity index (χ1v) is 12.6. The molecule has 1 aliphatic heterocycles. The molecule has 0 radical (unpaired) electrons. The highest BCUT2D eigenvalue weighted by molar-refractivity contribution is 7.92. The summed E-state index contributed by atoms with van der Waals surface area (Å²) < 4.78 is 55.1. The fraction of sp³-hybridized carbons (Fsp3) is 0.240. The predicted octanol–water partition coefficient (Wildman–Crippen LogP) is 3.45. The van der Waals surface area contributed by atoms with Crippen LogP contribution >= 0.6 is 0 Å². The normalized spacial score (nSPS) is 14.5. The molecule has 3 aromatic carbocycles. The summed E-state index contributed by atoms with van der Waals surface area (Å²) >= 11 is 0. The number of benzene rings is 3. The van der Waals surface area contributed by atoms with Gasteiger partial charge in [0.1, 0.15) is 11.6 Å². The molecule has 1 amide bonds. The molecule has 0 saturated carbocycles. The highest BCUT2D eigenvalue weighted by Gasteiger charge is 2.22. The SMILES string of the molecule is CN1CCN(c2ccc(C(=O)NCc3ccc(F)cc3)cc2NS(=O)(=O)c2ccc(F)cc2)CC1. The molecule has 0 unspecified atom stereocenters. The molecule has 3 aromatic rings. The smallest absolute Gasteiger partial charge is 0.261 e. The zero-order valence-electron chi connectivity index (χ0n) is 19.2. The lowest BCUT2D eigenvalue weighted by atomic mass is 10.1. The van der Waals surface area contributed by atoms with E-state index >= 15 is 0 Å². The summed E-state index contributed by atoms with van der Waals surface area (Å²) in [7, 11) is -2.01. The third kappa shape index (κ3) is 6.14. The quantitative estimate of drug-likeness (QED) is 0.520. The minimum atomic E-state index is -4.02. The Balaban J connectivity index is 1.60. The van der Waals surface area contributed by atoms with Gasteiger partial charge in [-0.15, -0.1) is 0 Å². The number of hydrogen-bond donors (Lipinski definition) is 2. The van der Waals surface area contributed by atoms with Gasteiger partial charge < -0.3 is 15.1 Å². The molecule has 7 nitrogen and oxygen atoms in total. The van der Waals surface area contributed by atoms with E-state index < -0.39 is 21.7 Å². The molecule has 0 atom stereocenters. The maximum atomic E-state index is 13.3. The van der Waals surface area contributed by atoms with E-state index in [1.165, 1.54) is 30.3 Å². The van der Waals surface area contributed by atoms with Gasteiger partial charge in [0, 0.05) is 38.3 Å². The lowest BCUT2D eigenvalue weighted by molar-refractivity contribution is 0.0951. The average Bonchev–Trinajstić information content (AvgIpc) is 2.84. The third-order valence-corrected chi connectivity index (χ3v) is 7.22. The van der Waals surface area contributed by atoms with Gasteiger partial charge in [0.2, 0.25) is 0 Å². The van der Waals surface area contributed by atoms with Crippen LogP contribution in [0.25, 0.3) is 0 Å². The summed E-state index contributed by atoms with van der Waals surface area (Å²) in [6.45, 7) is 3.19. The highest BCUT2D eigenvalue weighted by Crippen LogP contribution is 2.30. The van der Waals surface area contributed by atoms with Gasteiger partial charge in [-0.25, -0.2) is 17.2 Å². The van der Waals surface area contributed by atoms with Crippen LogP contribution < -0.4 is 14.9 Å². The highest BCUT2D eigenvalue weighted by atomic mass is 32.2. The molecule has 4 rings (SSSR count). The van der Waals surface area contributed by atoms with E-state index in [0.717, 1.165) is 30.8 Å². The summed E-state index contributed by atoms with van der Waals surface area (Å²) in [6.07, 6.45) is 0. The monoisotopic (exact) mass is 500 g/mol. The summed E-state index contributed by atoms with van der Waals surface area (Å²) in [5.74, 6) is -1.30. The van der Waals surface area contributed by atoms with E-state index in [2.05, 4.69) is 19.8 Å². The second-order valence-electron chi connectivity index (χ2n) is 8.39. The summed E-state index contributed by atoms with van der Waals surface area (Å²) in [5, 5.41) is 2.77. The molecule has 35 heavy (non-hydrogen) atoms. The number of carbonyl (C=O) groups is 1. The first kappa shape index (κ1) is 24.6.